The summed E-state index contributed by atoms with van der Waals surface area (Å²) >= 11 is 6.49. The summed E-state index contributed by atoms with van der Waals surface area (Å²) in [6.45, 7) is 11.4. The third-order valence-corrected chi connectivity index (χ3v) is 7.64. The summed E-state index contributed by atoms with van der Waals surface area (Å²) in [7, 11) is 0. The standard InChI is InChI=1S/C36H46ClN3O5/c1-7-8-9-10-22-40(34(43)30(38-35(44)45-36(4,5)6)23-26-16-20-28(41)21-17-26)32(27-18-14-24(2)15-19-27)33(42)39-31-25(3)12-11-13-29(31)37/h11-21,30,32,41H,7-10,22-23H2,1-6H3,(H,38,44)(H,39,42). The largest absolute Gasteiger partial charge is 0.508 e. The van der Waals surface area contributed by atoms with Crippen molar-refractivity contribution in [2.45, 2.75) is 91.3 Å². The van der Waals surface area contributed by atoms with E-state index in [2.05, 4.69) is 17.6 Å². The molecule has 3 N–H and O–H groups in total. The second-order valence-electron chi connectivity index (χ2n) is 12.4. The van der Waals surface area contributed by atoms with Gasteiger partial charge in [0.1, 0.15) is 23.4 Å². The van der Waals surface area contributed by atoms with Crippen LogP contribution in [-0.4, -0.2) is 46.1 Å². The van der Waals surface area contributed by atoms with Gasteiger partial charge in [-0.25, -0.2) is 4.79 Å². The first-order chi connectivity index (χ1) is 21.3. The number of benzene rings is 3. The highest BCUT2D eigenvalue weighted by Gasteiger charge is 2.36. The lowest BCUT2D eigenvalue weighted by molar-refractivity contribution is -0.140. The monoisotopic (exact) mass is 635 g/mol. The maximum absolute atomic E-state index is 14.7. The van der Waals surface area contributed by atoms with Crippen molar-refractivity contribution in [3.05, 3.63) is 94.0 Å². The predicted octanol–water partition coefficient (Wildman–Crippen LogP) is 7.89. The Bertz CT molecular complexity index is 1410. The summed E-state index contributed by atoms with van der Waals surface area (Å²) in [6.07, 6.45) is 2.90. The number of carbonyl (C=O) groups is 3. The molecule has 0 aromatic heterocycles. The molecule has 0 aliphatic rings. The first kappa shape index (κ1) is 35.4. The fourth-order valence-electron chi connectivity index (χ4n) is 5.00. The summed E-state index contributed by atoms with van der Waals surface area (Å²) in [5.41, 5.74) is 2.84. The summed E-state index contributed by atoms with van der Waals surface area (Å²) in [4.78, 5) is 43.5. The van der Waals surface area contributed by atoms with E-state index in [4.69, 9.17) is 16.3 Å². The maximum Gasteiger partial charge on any atom is 0.408 e. The number of aryl methyl sites for hydroxylation is 2. The van der Waals surface area contributed by atoms with E-state index in [-0.39, 0.29) is 18.7 Å². The molecule has 3 amide bonds. The molecule has 45 heavy (non-hydrogen) atoms. The number of nitrogens with one attached hydrogen (secondary N) is 2. The number of hydrogen-bond donors (Lipinski definition) is 3. The van der Waals surface area contributed by atoms with E-state index in [1.165, 1.54) is 12.1 Å². The number of aromatic hydroxyl groups is 1. The molecule has 2 unspecified atom stereocenters. The molecule has 0 aliphatic heterocycles. The Morgan fingerprint density at radius 2 is 1.60 bits per heavy atom. The minimum absolute atomic E-state index is 0.0882. The number of nitrogens with zero attached hydrogens (tertiary/aromatic N) is 1. The minimum Gasteiger partial charge on any atom is -0.508 e. The van der Waals surface area contributed by atoms with Gasteiger partial charge >= 0.3 is 6.09 Å². The number of hydrogen-bond acceptors (Lipinski definition) is 5. The highest BCUT2D eigenvalue weighted by atomic mass is 35.5. The van der Waals surface area contributed by atoms with Gasteiger partial charge in [-0.05, 0) is 75.9 Å². The van der Waals surface area contributed by atoms with Crippen LogP contribution < -0.4 is 10.6 Å². The zero-order valence-corrected chi connectivity index (χ0v) is 27.9. The van der Waals surface area contributed by atoms with Crippen LogP contribution in [0.15, 0.2) is 66.7 Å². The number of unbranched alkanes of at least 4 members (excludes halogenated alkanes) is 3. The first-order valence-corrected chi connectivity index (χ1v) is 15.9. The molecule has 0 aliphatic carbocycles. The Hall–Kier alpha value is -4.04. The van der Waals surface area contributed by atoms with E-state index in [1.807, 2.05) is 50.2 Å². The van der Waals surface area contributed by atoms with Crippen LogP contribution in [0.5, 0.6) is 5.75 Å². The summed E-state index contributed by atoms with van der Waals surface area (Å²) in [6, 6.07) is 17.3. The van der Waals surface area contributed by atoms with Crippen molar-refractivity contribution in [2.24, 2.45) is 0 Å². The third-order valence-electron chi connectivity index (χ3n) is 7.32. The summed E-state index contributed by atoms with van der Waals surface area (Å²) in [5, 5.41) is 16.0. The van der Waals surface area contributed by atoms with Crippen molar-refractivity contribution in [3.63, 3.8) is 0 Å². The number of anilines is 1. The summed E-state index contributed by atoms with van der Waals surface area (Å²) in [5.74, 6) is -0.758. The molecule has 0 spiro atoms. The zero-order chi connectivity index (χ0) is 33.1. The molecule has 0 bridgehead atoms. The second-order valence-corrected chi connectivity index (χ2v) is 12.8. The molecule has 0 saturated heterocycles. The number of rotatable bonds is 13. The molecule has 0 radical (unpaired) electrons. The SMILES string of the molecule is CCCCCCN(C(=O)C(Cc1ccc(O)cc1)NC(=O)OC(C)(C)C)C(C(=O)Nc1c(C)cccc1Cl)c1ccc(C)cc1. The van der Waals surface area contributed by atoms with Gasteiger partial charge in [0, 0.05) is 13.0 Å². The highest BCUT2D eigenvalue weighted by Crippen LogP contribution is 2.30. The van der Waals surface area contributed by atoms with Gasteiger partial charge in [0.25, 0.3) is 5.91 Å². The van der Waals surface area contributed by atoms with Crippen molar-refractivity contribution in [2.75, 3.05) is 11.9 Å². The molecule has 3 aromatic carbocycles. The lowest BCUT2D eigenvalue weighted by atomic mass is 9.98. The first-order valence-electron chi connectivity index (χ1n) is 15.5. The van der Waals surface area contributed by atoms with Crippen LogP contribution >= 0.6 is 11.6 Å². The van der Waals surface area contributed by atoms with Crippen LogP contribution in [0.4, 0.5) is 10.5 Å². The Kier molecular flexibility index (Phi) is 12.9. The third kappa shape index (κ3) is 10.8. The predicted molar refractivity (Wildman–Crippen MR) is 180 cm³/mol. The lowest BCUT2D eigenvalue weighted by Crippen LogP contribution is -2.53. The number of phenolic OH excluding ortho intramolecular Hbond substituents is 1. The fourth-order valence-corrected chi connectivity index (χ4v) is 5.27. The zero-order valence-electron chi connectivity index (χ0n) is 27.2. The van der Waals surface area contributed by atoms with E-state index in [0.717, 1.165) is 36.0 Å². The van der Waals surface area contributed by atoms with Crippen LogP contribution in [0.25, 0.3) is 0 Å². The van der Waals surface area contributed by atoms with Crippen LogP contribution in [0.3, 0.4) is 0 Å². The van der Waals surface area contributed by atoms with E-state index in [9.17, 15) is 19.5 Å². The Morgan fingerprint density at radius 1 is 0.933 bits per heavy atom. The highest BCUT2D eigenvalue weighted by molar-refractivity contribution is 6.34. The van der Waals surface area contributed by atoms with Crippen LogP contribution in [-0.2, 0) is 20.7 Å². The Balaban J connectivity index is 2.09. The smallest absolute Gasteiger partial charge is 0.408 e. The van der Waals surface area contributed by atoms with Gasteiger partial charge in [-0.2, -0.15) is 0 Å². The van der Waals surface area contributed by atoms with Crippen molar-refractivity contribution >= 4 is 35.2 Å². The van der Waals surface area contributed by atoms with E-state index in [0.29, 0.717) is 22.7 Å². The molecule has 3 rings (SSSR count). The molecule has 2 atom stereocenters. The number of para-hydroxylation sites is 1. The molecule has 242 valence electrons. The number of phenols is 1. The van der Waals surface area contributed by atoms with Gasteiger partial charge in [-0.1, -0.05) is 91.9 Å². The van der Waals surface area contributed by atoms with Crippen molar-refractivity contribution in [1.82, 2.24) is 10.2 Å². The van der Waals surface area contributed by atoms with Crippen LogP contribution in [0.1, 0.15) is 81.7 Å². The van der Waals surface area contributed by atoms with E-state index in [1.54, 1.807) is 43.9 Å². The molecule has 9 heteroatoms. The van der Waals surface area contributed by atoms with Gasteiger partial charge < -0.3 is 25.4 Å². The van der Waals surface area contributed by atoms with E-state index < -0.39 is 35.6 Å². The van der Waals surface area contributed by atoms with Crippen molar-refractivity contribution in [3.8, 4) is 5.75 Å². The molecule has 3 aromatic rings. The number of carbonyl (C=O) groups excluding carboxylic acids is 3. The summed E-state index contributed by atoms with van der Waals surface area (Å²) < 4.78 is 5.52. The van der Waals surface area contributed by atoms with Crippen molar-refractivity contribution < 1.29 is 24.2 Å². The van der Waals surface area contributed by atoms with Gasteiger partial charge in [-0.3, -0.25) is 9.59 Å². The average molecular weight is 636 g/mol. The molecule has 8 nitrogen and oxygen atoms in total. The van der Waals surface area contributed by atoms with E-state index >= 15 is 0 Å². The Morgan fingerprint density at radius 3 is 2.20 bits per heavy atom. The van der Waals surface area contributed by atoms with Gasteiger partial charge in [0.05, 0.1) is 10.7 Å². The number of ether oxygens (including phenoxy) is 1. The Labute approximate surface area is 272 Å². The van der Waals surface area contributed by atoms with Gasteiger partial charge in [0.2, 0.25) is 5.91 Å². The number of amides is 3. The normalized spacial score (nSPS) is 12.6. The fraction of sp³-hybridized carbons (Fsp3) is 0.417. The van der Waals surface area contributed by atoms with Crippen molar-refractivity contribution in [1.29, 1.82) is 0 Å². The molecule has 0 fully saturated rings. The molecule has 0 heterocycles. The quantitative estimate of drug-likeness (QED) is 0.166. The molecular weight excluding hydrogens is 590 g/mol. The molecule has 0 saturated carbocycles. The molecular formula is C36H46ClN3O5. The maximum atomic E-state index is 14.7. The minimum atomic E-state index is -1.06. The average Bonchev–Trinajstić information content (AvgIpc) is 2.97. The van der Waals surface area contributed by atoms with Crippen LogP contribution in [0.2, 0.25) is 5.02 Å². The number of alkyl carbamates (subject to hydrolysis) is 1. The van der Waals surface area contributed by atoms with Crippen LogP contribution in [0, 0.1) is 13.8 Å². The van der Waals surface area contributed by atoms with Gasteiger partial charge in [-0.15, -0.1) is 0 Å². The number of halogens is 1. The second kappa shape index (κ2) is 16.3. The lowest BCUT2D eigenvalue weighted by Gasteiger charge is -2.35. The topological polar surface area (TPSA) is 108 Å². The van der Waals surface area contributed by atoms with Gasteiger partial charge in [0.15, 0.2) is 0 Å².